The third-order valence-electron chi connectivity index (χ3n) is 10.6. The number of hydrogen-bond acceptors (Lipinski definition) is 5. The molecule has 2 aromatic carbocycles. The SMILES string of the molecule is CC(C)Cc1nc(-c2ccnc(-c3[c-]c4ccccc4c(C(C)(C)C)c3)c2)cc2ccsc12.CCC(C)(CC)C(=O)/C=C(\O)C(C)(CC)CC.[Ir]. The Labute approximate surface area is 324 Å². The summed E-state index contributed by atoms with van der Waals surface area (Å²) in [6.45, 7) is 23.4. The molecule has 51 heavy (non-hydrogen) atoms. The zero-order valence-corrected chi connectivity index (χ0v) is 35.7. The van der Waals surface area contributed by atoms with Gasteiger partial charge in [-0.15, -0.1) is 40.5 Å². The second-order valence-electron chi connectivity index (χ2n) is 15.6. The van der Waals surface area contributed by atoms with Gasteiger partial charge in [-0.05, 0) is 78.0 Å². The summed E-state index contributed by atoms with van der Waals surface area (Å²) in [5.74, 6) is 0.850. The minimum absolute atomic E-state index is 0. The predicted molar refractivity (Wildman–Crippen MR) is 215 cm³/mol. The molecule has 4 nitrogen and oxygen atoms in total. The van der Waals surface area contributed by atoms with E-state index in [1.807, 2.05) is 47.7 Å². The fourth-order valence-corrected chi connectivity index (χ4v) is 7.00. The maximum atomic E-state index is 12.2. The van der Waals surface area contributed by atoms with E-state index in [4.69, 9.17) is 9.97 Å². The first-order valence-electron chi connectivity index (χ1n) is 18.3. The van der Waals surface area contributed by atoms with E-state index < -0.39 is 0 Å². The Morgan fingerprint density at radius 2 is 1.53 bits per heavy atom. The van der Waals surface area contributed by atoms with Crippen LogP contribution in [0.3, 0.4) is 0 Å². The zero-order chi connectivity index (χ0) is 36.9. The minimum Gasteiger partial charge on any atom is -0.512 e. The number of carbonyl (C=O) groups is 1. The van der Waals surface area contributed by atoms with Gasteiger partial charge in [0.2, 0.25) is 0 Å². The van der Waals surface area contributed by atoms with Crippen molar-refractivity contribution in [1.29, 1.82) is 0 Å². The van der Waals surface area contributed by atoms with Crippen LogP contribution in [0, 0.1) is 22.8 Å². The van der Waals surface area contributed by atoms with Gasteiger partial charge in [0.15, 0.2) is 5.78 Å². The van der Waals surface area contributed by atoms with Crippen molar-refractivity contribution in [1.82, 2.24) is 9.97 Å². The van der Waals surface area contributed by atoms with E-state index in [1.165, 1.54) is 32.8 Å². The van der Waals surface area contributed by atoms with Gasteiger partial charge in [0, 0.05) is 48.9 Å². The van der Waals surface area contributed by atoms with Crippen molar-refractivity contribution in [3.63, 3.8) is 0 Å². The molecule has 6 heteroatoms. The first-order chi connectivity index (χ1) is 23.6. The van der Waals surface area contributed by atoms with Crippen LogP contribution in [0.1, 0.15) is 113 Å². The monoisotopic (exact) mass is 882 g/mol. The molecule has 1 N–H and O–H groups in total. The molecule has 3 aromatic heterocycles. The van der Waals surface area contributed by atoms with Crippen molar-refractivity contribution in [3.8, 4) is 22.5 Å². The number of aliphatic hydroxyl groups is 1. The van der Waals surface area contributed by atoms with Crippen LogP contribution in [0.4, 0.5) is 0 Å². The molecule has 5 rings (SSSR count). The Morgan fingerprint density at radius 3 is 2.14 bits per heavy atom. The van der Waals surface area contributed by atoms with E-state index in [-0.39, 0.29) is 47.9 Å². The summed E-state index contributed by atoms with van der Waals surface area (Å²) in [5, 5.41) is 16.0. The molecule has 0 atom stereocenters. The molecule has 0 aliphatic rings. The van der Waals surface area contributed by atoms with Gasteiger partial charge in [-0.2, -0.15) is 0 Å². The van der Waals surface area contributed by atoms with Crippen LogP contribution in [0.15, 0.2) is 78.0 Å². The molecule has 0 saturated heterocycles. The van der Waals surface area contributed by atoms with Crippen LogP contribution < -0.4 is 0 Å². The molecule has 0 aliphatic carbocycles. The number of allylic oxidation sites excluding steroid dienone is 2. The predicted octanol–water partition coefficient (Wildman–Crippen LogP) is 13.1. The first-order valence-corrected chi connectivity index (χ1v) is 19.2. The van der Waals surface area contributed by atoms with Gasteiger partial charge in [0.25, 0.3) is 0 Å². The summed E-state index contributed by atoms with van der Waals surface area (Å²) in [7, 11) is 0. The number of carbonyl (C=O) groups excluding carboxylic acids is 1. The molecular formula is C45H57IrN2O2S-. The number of aromatic nitrogens is 2. The van der Waals surface area contributed by atoms with Crippen LogP contribution in [0.2, 0.25) is 0 Å². The number of ketones is 1. The average Bonchev–Trinajstić information content (AvgIpc) is 3.59. The molecule has 275 valence electrons. The van der Waals surface area contributed by atoms with Crippen molar-refractivity contribution in [3.05, 3.63) is 95.3 Å². The summed E-state index contributed by atoms with van der Waals surface area (Å²) >= 11 is 1.78. The smallest absolute Gasteiger partial charge is 0.164 e. The van der Waals surface area contributed by atoms with Crippen LogP contribution in [0.25, 0.3) is 43.4 Å². The number of rotatable bonds is 11. The molecule has 0 aliphatic heterocycles. The largest absolute Gasteiger partial charge is 0.512 e. The van der Waals surface area contributed by atoms with Crippen molar-refractivity contribution >= 4 is 38.0 Å². The van der Waals surface area contributed by atoms with E-state index in [2.05, 4.69) is 101 Å². The molecule has 0 spiro atoms. The molecule has 0 fully saturated rings. The number of aliphatic hydroxyl groups excluding tert-OH is 1. The topological polar surface area (TPSA) is 63.1 Å². The normalized spacial score (nSPS) is 12.5. The summed E-state index contributed by atoms with van der Waals surface area (Å²) in [6.07, 6.45) is 7.63. The Balaban J connectivity index is 0.000000335. The maximum absolute atomic E-state index is 12.2. The number of thiophene rings is 1. The van der Waals surface area contributed by atoms with Gasteiger partial charge in [-0.3, -0.25) is 14.8 Å². The van der Waals surface area contributed by atoms with E-state index in [1.54, 1.807) is 11.3 Å². The fraction of sp³-hybridized carbons (Fsp3) is 0.444. The van der Waals surface area contributed by atoms with Crippen molar-refractivity contribution in [2.24, 2.45) is 16.7 Å². The third kappa shape index (κ3) is 9.83. The Kier molecular flexibility index (Phi) is 14.5. The van der Waals surface area contributed by atoms with Gasteiger partial charge < -0.3 is 5.11 Å². The van der Waals surface area contributed by atoms with Gasteiger partial charge >= 0.3 is 0 Å². The zero-order valence-electron chi connectivity index (χ0n) is 32.5. The second kappa shape index (κ2) is 17.6. The molecule has 3 heterocycles. The summed E-state index contributed by atoms with van der Waals surface area (Å²) in [5.41, 5.74) is 6.00. The average molecular weight is 882 g/mol. The van der Waals surface area contributed by atoms with E-state index in [0.29, 0.717) is 5.92 Å². The Hall–Kier alpha value is -3.18. The molecule has 5 aromatic rings. The molecule has 0 saturated carbocycles. The second-order valence-corrected chi connectivity index (χ2v) is 16.6. The van der Waals surface area contributed by atoms with Crippen molar-refractivity contribution in [2.45, 2.75) is 114 Å². The first kappa shape index (κ1) is 42.2. The van der Waals surface area contributed by atoms with E-state index >= 15 is 0 Å². The minimum atomic E-state index is -0.337. The molecule has 0 unspecified atom stereocenters. The number of hydrogen-bond donors (Lipinski definition) is 1. The number of nitrogens with zero attached hydrogens (tertiary/aromatic N) is 2. The third-order valence-corrected chi connectivity index (χ3v) is 11.6. The molecule has 0 amide bonds. The van der Waals surface area contributed by atoms with Gasteiger partial charge in [0.1, 0.15) is 5.76 Å². The summed E-state index contributed by atoms with van der Waals surface area (Å²) < 4.78 is 1.31. The van der Waals surface area contributed by atoms with Gasteiger partial charge in [-0.1, -0.05) is 111 Å². The van der Waals surface area contributed by atoms with Gasteiger partial charge in [-0.25, -0.2) is 0 Å². The number of pyridine rings is 2. The molecular weight excluding hydrogens is 825 g/mol. The van der Waals surface area contributed by atoms with Crippen LogP contribution >= 0.6 is 11.3 Å². The van der Waals surface area contributed by atoms with Crippen molar-refractivity contribution < 1.29 is 30.0 Å². The van der Waals surface area contributed by atoms with E-state index in [0.717, 1.165) is 60.0 Å². The quantitative estimate of drug-likeness (QED) is 0.0815. The summed E-state index contributed by atoms with van der Waals surface area (Å²) in [6, 6.07) is 23.0. The van der Waals surface area contributed by atoms with Crippen LogP contribution in [-0.2, 0) is 36.7 Å². The number of benzene rings is 2. The summed E-state index contributed by atoms with van der Waals surface area (Å²) in [4.78, 5) is 22.0. The van der Waals surface area contributed by atoms with E-state index in [9.17, 15) is 9.90 Å². The van der Waals surface area contributed by atoms with Crippen molar-refractivity contribution in [2.75, 3.05) is 0 Å². The van der Waals surface area contributed by atoms with Gasteiger partial charge in [0.05, 0.1) is 16.1 Å². The molecule has 0 bridgehead atoms. The standard InChI is InChI=1S/C30H29N2S.C15H28O2.Ir/c1-19(2)14-28-29-22(11-13-33-29)18-27(32-28)21-10-12-31-26(17-21)23-15-20-8-6-7-9-24(20)25(16-23)30(3,4)5;1-7-14(5,8-2)12(16)11-13(17)15(6,9-3)10-4;/h6-13,16-19H,14H2,1-5H3;11,16H,7-10H2,1-6H3;/q-1;;/b;12-11-;. The Bertz CT molecular complexity index is 1960. The number of fused-ring (bicyclic) bond motifs is 2. The fourth-order valence-electron chi connectivity index (χ4n) is 6.13. The maximum Gasteiger partial charge on any atom is 0.164 e. The Morgan fingerprint density at radius 1 is 0.882 bits per heavy atom. The molecule has 1 radical (unpaired) electrons. The van der Waals surface area contributed by atoms with Crippen LogP contribution in [0.5, 0.6) is 0 Å². The van der Waals surface area contributed by atoms with Crippen LogP contribution in [-0.4, -0.2) is 20.9 Å².